The molecule has 0 spiro atoms. The summed E-state index contributed by atoms with van der Waals surface area (Å²) in [5.74, 6) is 1.33. The summed E-state index contributed by atoms with van der Waals surface area (Å²) in [5, 5.41) is 12.1. The highest BCUT2D eigenvalue weighted by atomic mass is 16.4. The van der Waals surface area contributed by atoms with Gasteiger partial charge in [0.05, 0.1) is 6.54 Å². The fraction of sp³-hybridized carbons (Fsp3) is 0.500. The number of rotatable bonds is 3. The van der Waals surface area contributed by atoms with E-state index in [-0.39, 0.29) is 0 Å². The van der Waals surface area contributed by atoms with Gasteiger partial charge in [-0.2, -0.15) is 0 Å². The molecule has 21 heavy (non-hydrogen) atoms. The van der Waals surface area contributed by atoms with Crippen LogP contribution in [-0.4, -0.2) is 40.3 Å². The van der Waals surface area contributed by atoms with Gasteiger partial charge in [-0.15, -0.1) is 10.2 Å². The van der Waals surface area contributed by atoms with Crippen molar-refractivity contribution in [2.45, 2.75) is 37.9 Å². The SMILES string of the molecule is c1ccc(-c2nnc(CN3CCC4CCC(C3)N4)o2)cc1. The Morgan fingerprint density at radius 3 is 2.86 bits per heavy atom. The van der Waals surface area contributed by atoms with Crippen molar-refractivity contribution in [3.05, 3.63) is 36.2 Å². The van der Waals surface area contributed by atoms with E-state index in [0.29, 0.717) is 23.9 Å². The first-order chi connectivity index (χ1) is 10.4. The zero-order valence-electron chi connectivity index (χ0n) is 12.0. The van der Waals surface area contributed by atoms with Crippen LogP contribution in [0.2, 0.25) is 0 Å². The van der Waals surface area contributed by atoms with Crippen molar-refractivity contribution in [1.82, 2.24) is 20.4 Å². The van der Waals surface area contributed by atoms with Crippen molar-refractivity contribution in [2.24, 2.45) is 0 Å². The van der Waals surface area contributed by atoms with Gasteiger partial charge in [0, 0.05) is 30.7 Å². The monoisotopic (exact) mass is 284 g/mol. The zero-order valence-corrected chi connectivity index (χ0v) is 12.0. The molecule has 0 saturated carbocycles. The molecule has 1 aromatic carbocycles. The predicted molar refractivity (Wildman–Crippen MR) is 79.6 cm³/mol. The highest BCUT2D eigenvalue weighted by molar-refractivity contribution is 5.51. The van der Waals surface area contributed by atoms with Gasteiger partial charge in [0.25, 0.3) is 0 Å². The fourth-order valence-electron chi connectivity index (χ4n) is 3.37. The van der Waals surface area contributed by atoms with Crippen molar-refractivity contribution in [2.75, 3.05) is 13.1 Å². The number of fused-ring (bicyclic) bond motifs is 2. The van der Waals surface area contributed by atoms with E-state index in [0.717, 1.165) is 25.2 Å². The van der Waals surface area contributed by atoms with Crippen molar-refractivity contribution in [3.8, 4) is 11.5 Å². The lowest BCUT2D eigenvalue weighted by Crippen LogP contribution is -2.35. The molecule has 0 aliphatic carbocycles. The van der Waals surface area contributed by atoms with E-state index in [9.17, 15) is 0 Å². The molecule has 2 atom stereocenters. The lowest BCUT2D eigenvalue weighted by Gasteiger charge is -2.21. The largest absolute Gasteiger partial charge is 0.419 e. The Labute approximate surface area is 124 Å². The Bertz CT molecular complexity index is 597. The first-order valence-electron chi connectivity index (χ1n) is 7.73. The number of hydrogen-bond acceptors (Lipinski definition) is 5. The molecule has 1 aromatic heterocycles. The third kappa shape index (κ3) is 2.84. The van der Waals surface area contributed by atoms with Crippen molar-refractivity contribution < 1.29 is 4.42 Å². The van der Waals surface area contributed by atoms with Crippen molar-refractivity contribution >= 4 is 0 Å². The Balaban J connectivity index is 1.44. The minimum atomic E-state index is 0.611. The molecule has 3 heterocycles. The van der Waals surface area contributed by atoms with Crippen LogP contribution in [0.3, 0.4) is 0 Å². The third-order valence-electron chi connectivity index (χ3n) is 4.45. The fourth-order valence-corrected chi connectivity index (χ4v) is 3.37. The molecular formula is C16H20N4O. The molecule has 2 fully saturated rings. The molecule has 2 bridgehead atoms. The number of nitrogens with one attached hydrogen (secondary N) is 1. The smallest absolute Gasteiger partial charge is 0.247 e. The van der Waals surface area contributed by atoms with E-state index >= 15 is 0 Å². The van der Waals surface area contributed by atoms with Crippen LogP contribution < -0.4 is 5.32 Å². The van der Waals surface area contributed by atoms with Crippen LogP contribution in [0.5, 0.6) is 0 Å². The second kappa shape index (κ2) is 5.58. The third-order valence-corrected chi connectivity index (χ3v) is 4.45. The van der Waals surface area contributed by atoms with E-state index in [1.54, 1.807) is 0 Å². The van der Waals surface area contributed by atoms with E-state index in [1.807, 2.05) is 30.3 Å². The van der Waals surface area contributed by atoms with Crippen LogP contribution in [-0.2, 0) is 6.54 Å². The van der Waals surface area contributed by atoms with Gasteiger partial charge in [0.15, 0.2) is 0 Å². The number of benzene rings is 1. The van der Waals surface area contributed by atoms with Gasteiger partial charge in [-0.05, 0) is 31.4 Å². The summed E-state index contributed by atoms with van der Waals surface area (Å²) >= 11 is 0. The molecule has 5 heteroatoms. The molecule has 4 rings (SSSR count). The average molecular weight is 284 g/mol. The molecule has 0 radical (unpaired) electrons. The lowest BCUT2D eigenvalue weighted by atomic mass is 10.1. The summed E-state index contributed by atoms with van der Waals surface area (Å²) in [5.41, 5.74) is 0.979. The Morgan fingerprint density at radius 1 is 1.10 bits per heavy atom. The van der Waals surface area contributed by atoms with E-state index in [2.05, 4.69) is 20.4 Å². The van der Waals surface area contributed by atoms with Gasteiger partial charge in [0.1, 0.15) is 0 Å². The van der Waals surface area contributed by atoms with E-state index in [4.69, 9.17) is 4.42 Å². The average Bonchev–Trinajstić information content (AvgIpc) is 3.09. The maximum atomic E-state index is 5.81. The normalized spacial score (nSPS) is 25.9. The summed E-state index contributed by atoms with van der Waals surface area (Å²) in [6.07, 6.45) is 3.84. The van der Waals surface area contributed by atoms with Crippen molar-refractivity contribution in [3.63, 3.8) is 0 Å². The minimum Gasteiger partial charge on any atom is -0.419 e. The van der Waals surface area contributed by atoms with Crippen LogP contribution in [0.15, 0.2) is 34.7 Å². The van der Waals surface area contributed by atoms with Gasteiger partial charge in [0.2, 0.25) is 11.8 Å². The van der Waals surface area contributed by atoms with Gasteiger partial charge < -0.3 is 9.73 Å². The van der Waals surface area contributed by atoms with Gasteiger partial charge >= 0.3 is 0 Å². The predicted octanol–water partition coefficient (Wildman–Crippen LogP) is 2.06. The topological polar surface area (TPSA) is 54.2 Å². The Morgan fingerprint density at radius 2 is 1.95 bits per heavy atom. The molecular weight excluding hydrogens is 264 g/mol. The molecule has 5 nitrogen and oxygen atoms in total. The highest BCUT2D eigenvalue weighted by Crippen LogP contribution is 2.22. The van der Waals surface area contributed by atoms with Crippen LogP contribution >= 0.6 is 0 Å². The van der Waals surface area contributed by atoms with Crippen LogP contribution in [0.25, 0.3) is 11.5 Å². The molecule has 2 unspecified atom stereocenters. The maximum absolute atomic E-state index is 5.81. The van der Waals surface area contributed by atoms with Gasteiger partial charge in [-0.1, -0.05) is 18.2 Å². The minimum absolute atomic E-state index is 0.611. The van der Waals surface area contributed by atoms with Crippen LogP contribution in [0.4, 0.5) is 0 Å². The number of aromatic nitrogens is 2. The molecule has 110 valence electrons. The zero-order chi connectivity index (χ0) is 14.1. The second-order valence-corrected chi connectivity index (χ2v) is 6.03. The molecule has 2 saturated heterocycles. The van der Waals surface area contributed by atoms with E-state index < -0.39 is 0 Å². The number of likely N-dealkylation sites (tertiary alicyclic amines) is 1. The van der Waals surface area contributed by atoms with Crippen molar-refractivity contribution in [1.29, 1.82) is 0 Å². The standard InChI is InChI=1S/C16H20N4O/c1-2-4-12(5-3-1)16-19-18-15(21-16)11-20-9-8-13-6-7-14(10-20)17-13/h1-5,13-14,17H,6-11H2. The number of hydrogen-bond donors (Lipinski definition) is 1. The lowest BCUT2D eigenvalue weighted by molar-refractivity contribution is 0.228. The quantitative estimate of drug-likeness (QED) is 0.935. The second-order valence-electron chi connectivity index (χ2n) is 6.03. The summed E-state index contributed by atoms with van der Waals surface area (Å²) < 4.78 is 5.81. The molecule has 1 N–H and O–H groups in total. The summed E-state index contributed by atoms with van der Waals surface area (Å²) in [6.45, 7) is 2.95. The molecule has 2 aromatic rings. The Hall–Kier alpha value is -1.72. The molecule has 2 aliphatic rings. The highest BCUT2D eigenvalue weighted by Gasteiger charge is 2.29. The van der Waals surface area contributed by atoms with Gasteiger partial charge in [-0.3, -0.25) is 4.90 Å². The molecule has 0 amide bonds. The Kier molecular flexibility index (Phi) is 3.45. The summed E-state index contributed by atoms with van der Waals surface area (Å²) in [4.78, 5) is 2.43. The summed E-state index contributed by atoms with van der Waals surface area (Å²) in [6, 6.07) is 11.3. The summed E-state index contributed by atoms with van der Waals surface area (Å²) in [7, 11) is 0. The van der Waals surface area contributed by atoms with Crippen LogP contribution in [0, 0.1) is 0 Å². The van der Waals surface area contributed by atoms with Crippen LogP contribution in [0.1, 0.15) is 25.2 Å². The van der Waals surface area contributed by atoms with Gasteiger partial charge in [-0.25, -0.2) is 0 Å². The van der Waals surface area contributed by atoms with E-state index in [1.165, 1.54) is 19.3 Å². The maximum Gasteiger partial charge on any atom is 0.247 e. The first kappa shape index (κ1) is 13.0. The molecule has 2 aliphatic heterocycles. The first-order valence-corrected chi connectivity index (χ1v) is 7.73. The number of nitrogens with zero attached hydrogens (tertiary/aromatic N) is 3.